The van der Waals surface area contributed by atoms with Crippen LogP contribution in [-0.4, -0.2) is 36.6 Å². The summed E-state index contributed by atoms with van der Waals surface area (Å²) in [6, 6.07) is 0. The van der Waals surface area contributed by atoms with Crippen LogP contribution in [0.3, 0.4) is 0 Å². The SMILES string of the molecule is CCO[P+](=O)OCC.OCCO. The van der Waals surface area contributed by atoms with Gasteiger partial charge in [0.15, 0.2) is 0 Å². The standard InChI is InChI=1S/C4H10O3P.C2H6O2/c1-3-6-8(5)7-4-2;3-1-2-4/h3-4H2,1-2H3;3-4H,1-2H2/q+1;. The van der Waals surface area contributed by atoms with Crippen molar-refractivity contribution in [2.45, 2.75) is 13.8 Å². The molecule has 0 unspecified atom stereocenters. The first kappa shape index (κ1) is 14.5. The van der Waals surface area contributed by atoms with Crippen molar-refractivity contribution in [1.29, 1.82) is 0 Å². The molecule has 0 spiro atoms. The van der Waals surface area contributed by atoms with E-state index >= 15 is 0 Å². The fourth-order valence-electron chi connectivity index (χ4n) is 0.248. The molecule has 0 saturated heterocycles. The van der Waals surface area contributed by atoms with Gasteiger partial charge >= 0.3 is 8.25 Å². The minimum absolute atomic E-state index is 0.125. The summed E-state index contributed by atoms with van der Waals surface area (Å²) >= 11 is 0. The molecule has 5 nitrogen and oxygen atoms in total. The van der Waals surface area contributed by atoms with E-state index in [4.69, 9.17) is 10.2 Å². The van der Waals surface area contributed by atoms with E-state index in [1.807, 2.05) is 0 Å². The lowest BCUT2D eigenvalue weighted by Crippen LogP contribution is -1.85. The molecule has 12 heavy (non-hydrogen) atoms. The summed E-state index contributed by atoms with van der Waals surface area (Å²) < 4.78 is 19.5. The molecule has 0 aliphatic rings. The summed E-state index contributed by atoms with van der Waals surface area (Å²) in [5.41, 5.74) is 0. The first-order valence-corrected chi connectivity index (χ1v) is 4.77. The van der Waals surface area contributed by atoms with Crippen LogP contribution in [0.15, 0.2) is 0 Å². The van der Waals surface area contributed by atoms with Crippen molar-refractivity contribution >= 4 is 8.25 Å². The molecule has 0 saturated carbocycles. The lowest BCUT2D eigenvalue weighted by Gasteiger charge is -1.78. The highest BCUT2D eigenvalue weighted by Crippen LogP contribution is 2.21. The summed E-state index contributed by atoms with van der Waals surface area (Å²) in [5, 5.41) is 15.2. The Hall–Kier alpha value is -0.0600. The average Bonchev–Trinajstić information content (AvgIpc) is 2.06. The second-order valence-corrected chi connectivity index (χ2v) is 2.47. The molecular formula is C6H16O5P+. The fraction of sp³-hybridized carbons (Fsp3) is 1.00. The van der Waals surface area contributed by atoms with Gasteiger partial charge in [-0.2, -0.15) is 0 Å². The molecule has 0 rings (SSSR count). The van der Waals surface area contributed by atoms with Gasteiger partial charge in [0.05, 0.1) is 13.2 Å². The van der Waals surface area contributed by atoms with Gasteiger partial charge in [-0.15, -0.1) is 9.05 Å². The summed E-state index contributed by atoms with van der Waals surface area (Å²) in [6.07, 6.45) is 0. The van der Waals surface area contributed by atoms with Crippen molar-refractivity contribution in [2.75, 3.05) is 26.4 Å². The molecule has 74 valence electrons. The normalized spacial score (nSPS) is 8.67. The lowest BCUT2D eigenvalue weighted by molar-refractivity contribution is 0.186. The predicted molar refractivity (Wildman–Crippen MR) is 45.0 cm³/mol. The van der Waals surface area contributed by atoms with Crippen LogP contribution >= 0.6 is 8.25 Å². The highest BCUT2D eigenvalue weighted by molar-refractivity contribution is 7.33. The van der Waals surface area contributed by atoms with Crippen molar-refractivity contribution in [3.05, 3.63) is 0 Å². The maximum atomic E-state index is 10.3. The fourth-order valence-corrected chi connectivity index (χ4v) is 0.744. The summed E-state index contributed by atoms with van der Waals surface area (Å²) in [7, 11) is -1.83. The van der Waals surface area contributed by atoms with Gasteiger partial charge in [0.25, 0.3) is 0 Å². The van der Waals surface area contributed by atoms with E-state index in [2.05, 4.69) is 9.05 Å². The highest BCUT2D eigenvalue weighted by atomic mass is 31.1. The Morgan fingerprint density at radius 3 is 1.58 bits per heavy atom. The van der Waals surface area contributed by atoms with E-state index in [0.717, 1.165) is 0 Å². The molecule has 0 aliphatic heterocycles. The zero-order chi connectivity index (χ0) is 9.82. The van der Waals surface area contributed by atoms with Gasteiger partial charge < -0.3 is 10.2 Å². The van der Waals surface area contributed by atoms with Crippen molar-refractivity contribution in [3.63, 3.8) is 0 Å². The first-order valence-electron chi connectivity index (χ1n) is 3.67. The smallest absolute Gasteiger partial charge is 0.394 e. The zero-order valence-electron chi connectivity index (χ0n) is 7.39. The molecule has 0 aromatic rings. The number of hydrogen-bond donors (Lipinski definition) is 2. The van der Waals surface area contributed by atoms with Gasteiger partial charge in [0.2, 0.25) is 0 Å². The predicted octanol–water partition coefficient (Wildman–Crippen LogP) is 0.688. The maximum Gasteiger partial charge on any atom is 0.697 e. The molecule has 0 radical (unpaired) electrons. The Balaban J connectivity index is 0. The van der Waals surface area contributed by atoms with Crippen molar-refractivity contribution in [2.24, 2.45) is 0 Å². The molecule has 0 bridgehead atoms. The average molecular weight is 199 g/mol. The number of hydrogen-bond acceptors (Lipinski definition) is 5. The van der Waals surface area contributed by atoms with Gasteiger partial charge in [-0.3, -0.25) is 0 Å². The minimum Gasteiger partial charge on any atom is -0.394 e. The summed E-state index contributed by atoms with van der Waals surface area (Å²) in [5.74, 6) is 0. The Kier molecular flexibility index (Phi) is 16.3. The van der Waals surface area contributed by atoms with E-state index < -0.39 is 8.25 Å². The molecule has 0 aromatic heterocycles. The summed E-state index contributed by atoms with van der Waals surface area (Å²) in [4.78, 5) is 0. The zero-order valence-corrected chi connectivity index (χ0v) is 8.29. The second-order valence-electron chi connectivity index (χ2n) is 1.51. The number of aliphatic hydroxyl groups excluding tert-OH is 2. The topological polar surface area (TPSA) is 76.0 Å². The third kappa shape index (κ3) is 16.5. The summed E-state index contributed by atoms with van der Waals surface area (Å²) in [6.45, 7) is 4.17. The van der Waals surface area contributed by atoms with Crippen LogP contribution in [0.25, 0.3) is 0 Å². The molecule has 0 aromatic carbocycles. The van der Waals surface area contributed by atoms with E-state index in [-0.39, 0.29) is 13.2 Å². The van der Waals surface area contributed by atoms with Gasteiger partial charge in [0, 0.05) is 4.57 Å². The Morgan fingerprint density at radius 2 is 1.42 bits per heavy atom. The van der Waals surface area contributed by atoms with Crippen LogP contribution < -0.4 is 0 Å². The Morgan fingerprint density at radius 1 is 1.08 bits per heavy atom. The second kappa shape index (κ2) is 13.5. The van der Waals surface area contributed by atoms with Crippen molar-refractivity contribution < 1.29 is 23.8 Å². The molecule has 0 heterocycles. The van der Waals surface area contributed by atoms with Crippen LogP contribution in [0.1, 0.15) is 13.8 Å². The monoisotopic (exact) mass is 199 g/mol. The van der Waals surface area contributed by atoms with Crippen LogP contribution in [0.4, 0.5) is 0 Å². The Bertz CT molecular complexity index is 87.9. The van der Waals surface area contributed by atoms with E-state index in [1.54, 1.807) is 13.8 Å². The van der Waals surface area contributed by atoms with Gasteiger partial charge in [-0.05, 0) is 13.8 Å². The van der Waals surface area contributed by atoms with Crippen LogP contribution in [-0.2, 0) is 13.6 Å². The minimum atomic E-state index is -1.83. The van der Waals surface area contributed by atoms with Crippen LogP contribution in [0, 0.1) is 0 Å². The molecule has 0 fully saturated rings. The largest absolute Gasteiger partial charge is 0.697 e. The van der Waals surface area contributed by atoms with E-state index in [9.17, 15) is 4.57 Å². The Labute approximate surface area is 73.3 Å². The molecule has 2 N–H and O–H groups in total. The first-order chi connectivity index (χ1) is 5.72. The van der Waals surface area contributed by atoms with Gasteiger partial charge in [-0.25, -0.2) is 0 Å². The highest BCUT2D eigenvalue weighted by Gasteiger charge is 2.15. The third-order valence-electron chi connectivity index (χ3n) is 0.569. The maximum absolute atomic E-state index is 10.3. The van der Waals surface area contributed by atoms with Crippen molar-refractivity contribution in [1.82, 2.24) is 0 Å². The van der Waals surface area contributed by atoms with E-state index in [0.29, 0.717) is 13.2 Å². The molecular weight excluding hydrogens is 183 g/mol. The third-order valence-corrected chi connectivity index (χ3v) is 1.51. The number of rotatable bonds is 5. The van der Waals surface area contributed by atoms with Gasteiger partial charge in [-0.1, -0.05) is 0 Å². The van der Waals surface area contributed by atoms with Gasteiger partial charge in [0.1, 0.15) is 13.2 Å². The quantitative estimate of drug-likeness (QED) is 0.637. The molecule has 0 aliphatic carbocycles. The molecule has 0 amide bonds. The van der Waals surface area contributed by atoms with Crippen molar-refractivity contribution in [3.8, 4) is 0 Å². The molecule has 6 heteroatoms. The molecule has 0 atom stereocenters. The van der Waals surface area contributed by atoms with E-state index in [1.165, 1.54) is 0 Å². The lowest BCUT2D eigenvalue weighted by atomic mass is 10.8. The van der Waals surface area contributed by atoms with Crippen LogP contribution in [0.2, 0.25) is 0 Å². The van der Waals surface area contributed by atoms with Crippen LogP contribution in [0.5, 0.6) is 0 Å². The number of aliphatic hydroxyl groups is 2.